The molecule has 0 aromatic carbocycles. The molecular weight excluding hydrogens is 427 g/mol. The van der Waals surface area contributed by atoms with E-state index in [-0.39, 0.29) is 11.8 Å². The smallest absolute Gasteiger partial charge is 0.356 e. The van der Waals surface area contributed by atoms with Gasteiger partial charge < -0.3 is 5.32 Å². The van der Waals surface area contributed by atoms with Crippen LogP contribution in [-0.2, 0) is 24.1 Å². The Balaban J connectivity index is 1.80. The summed E-state index contributed by atoms with van der Waals surface area (Å²) in [5, 5.41) is 10.8. The van der Waals surface area contributed by atoms with Crippen LogP contribution in [0.5, 0.6) is 0 Å². The van der Waals surface area contributed by atoms with Gasteiger partial charge in [-0.2, -0.15) is 23.4 Å². The van der Waals surface area contributed by atoms with E-state index in [0.717, 1.165) is 21.9 Å². The Morgan fingerprint density at radius 1 is 1.26 bits per heavy atom. The standard InChI is InChI=1S/C17H23BrF3N5O/c1-10(9-26-13(4)15(18)12(3)23-26)16(27)22-6-5-7-25-11(2)8-14(24-25)17(19,20)21/h8,10H,5-7,9H2,1-4H3,(H,22,27). The van der Waals surface area contributed by atoms with E-state index in [2.05, 4.69) is 31.4 Å². The maximum Gasteiger partial charge on any atom is 0.435 e. The summed E-state index contributed by atoms with van der Waals surface area (Å²) in [5.41, 5.74) is 1.38. The summed E-state index contributed by atoms with van der Waals surface area (Å²) in [4.78, 5) is 12.2. The lowest BCUT2D eigenvalue weighted by atomic mass is 10.1. The molecule has 10 heteroatoms. The molecule has 0 saturated carbocycles. The fraction of sp³-hybridized carbons (Fsp3) is 0.588. The Morgan fingerprint density at radius 2 is 1.93 bits per heavy atom. The van der Waals surface area contributed by atoms with Gasteiger partial charge in [0.05, 0.1) is 22.6 Å². The van der Waals surface area contributed by atoms with Crippen molar-refractivity contribution in [3.8, 4) is 0 Å². The number of hydrogen-bond acceptors (Lipinski definition) is 3. The van der Waals surface area contributed by atoms with Crippen LogP contribution < -0.4 is 5.32 Å². The lowest BCUT2D eigenvalue weighted by Gasteiger charge is -2.13. The molecule has 2 rings (SSSR count). The molecule has 0 spiro atoms. The highest BCUT2D eigenvalue weighted by atomic mass is 79.9. The first-order valence-electron chi connectivity index (χ1n) is 8.59. The highest BCUT2D eigenvalue weighted by molar-refractivity contribution is 9.10. The average molecular weight is 450 g/mol. The van der Waals surface area contributed by atoms with Crippen molar-refractivity contribution in [2.45, 2.75) is 53.4 Å². The van der Waals surface area contributed by atoms with E-state index in [1.165, 1.54) is 4.68 Å². The van der Waals surface area contributed by atoms with Gasteiger partial charge in [0, 0.05) is 24.5 Å². The third-order valence-electron chi connectivity index (χ3n) is 4.31. The Morgan fingerprint density at radius 3 is 2.44 bits per heavy atom. The van der Waals surface area contributed by atoms with Crippen LogP contribution in [-0.4, -0.2) is 32.0 Å². The summed E-state index contributed by atoms with van der Waals surface area (Å²) in [6.45, 7) is 8.33. The van der Waals surface area contributed by atoms with E-state index >= 15 is 0 Å². The second kappa shape index (κ2) is 8.45. The van der Waals surface area contributed by atoms with Crippen molar-refractivity contribution in [1.29, 1.82) is 0 Å². The van der Waals surface area contributed by atoms with E-state index in [1.807, 2.05) is 20.8 Å². The molecule has 2 heterocycles. The van der Waals surface area contributed by atoms with E-state index in [9.17, 15) is 18.0 Å². The van der Waals surface area contributed by atoms with Crippen molar-refractivity contribution in [3.05, 3.63) is 33.3 Å². The van der Waals surface area contributed by atoms with E-state index in [0.29, 0.717) is 31.7 Å². The summed E-state index contributed by atoms with van der Waals surface area (Å²) in [7, 11) is 0. The minimum atomic E-state index is -4.45. The highest BCUT2D eigenvalue weighted by Crippen LogP contribution is 2.28. The Bertz CT molecular complexity index is 812. The van der Waals surface area contributed by atoms with Gasteiger partial charge in [-0.15, -0.1) is 0 Å². The van der Waals surface area contributed by atoms with Crippen LogP contribution in [0.1, 0.15) is 36.1 Å². The van der Waals surface area contributed by atoms with Crippen LogP contribution in [0, 0.1) is 26.7 Å². The van der Waals surface area contributed by atoms with Crippen LogP contribution in [0.3, 0.4) is 0 Å². The lowest BCUT2D eigenvalue weighted by molar-refractivity contribution is -0.141. The zero-order chi connectivity index (χ0) is 20.4. The van der Waals surface area contributed by atoms with Crippen molar-refractivity contribution in [2.24, 2.45) is 5.92 Å². The molecule has 1 N–H and O–H groups in total. The molecule has 1 amide bonds. The Kier molecular flexibility index (Phi) is 6.72. The number of rotatable bonds is 7. The van der Waals surface area contributed by atoms with E-state index < -0.39 is 11.9 Å². The van der Waals surface area contributed by atoms with Gasteiger partial charge in [0.2, 0.25) is 5.91 Å². The summed E-state index contributed by atoms with van der Waals surface area (Å²) >= 11 is 3.46. The summed E-state index contributed by atoms with van der Waals surface area (Å²) in [5.74, 6) is -0.398. The number of nitrogens with zero attached hydrogens (tertiary/aromatic N) is 4. The van der Waals surface area contributed by atoms with Gasteiger partial charge in [-0.3, -0.25) is 14.2 Å². The van der Waals surface area contributed by atoms with Gasteiger partial charge in [0.15, 0.2) is 5.69 Å². The normalized spacial score (nSPS) is 13.0. The van der Waals surface area contributed by atoms with Gasteiger partial charge in [-0.25, -0.2) is 0 Å². The number of aromatic nitrogens is 4. The van der Waals surface area contributed by atoms with Crippen molar-refractivity contribution in [1.82, 2.24) is 24.9 Å². The van der Waals surface area contributed by atoms with Gasteiger partial charge >= 0.3 is 6.18 Å². The first-order chi connectivity index (χ1) is 12.5. The molecule has 0 aliphatic rings. The molecule has 2 aromatic heterocycles. The fourth-order valence-electron chi connectivity index (χ4n) is 2.68. The molecule has 1 atom stereocenters. The number of aryl methyl sites for hydroxylation is 3. The molecular formula is C17H23BrF3N5O. The number of carbonyl (C=O) groups is 1. The van der Waals surface area contributed by atoms with Crippen LogP contribution in [0.15, 0.2) is 10.5 Å². The minimum Gasteiger partial charge on any atom is -0.356 e. The maximum absolute atomic E-state index is 12.7. The summed E-state index contributed by atoms with van der Waals surface area (Å²) in [6.07, 6.45) is -3.96. The number of hydrogen-bond donors (Lipinski definition) is 1. The maximum atomic E-state index is 12.7. The SMILES string of the molecule is Cc1nn(CC(C)C(=O)NCCCn2nc(C(F)(F)F)cc2C)c(C)c1Br. The van der Waals surface area contributed by atoms with Crippen LogP contribution in [0.4, 0.5) is 13.2 Å². The Hall–Kier alpha value is -1.84. The number of halogens is 4. The van der Waals surface area contributed by atoms with Crippen LogP contribution >= 0.6 is 15.9 Å². The number of carbonyl (C=O) groups excluding carboxylic acids is 1. The average Bonchev–Trinajstić information content (AvgIpc) is 3.07. The molecule has 0 aliphatic heterocycles. The number of alkyl halides is 3. The predicted molar refractivity (Wildman–Crippen MR) is 98.2 cm³/mol. The van der Waals surface area contributed by atoms with E-state index in [1.54, 1.807) is 11.6 Å². The third-order valence-corrected chi connectivity index (χ3v) is 5.45. The molecule has 2 aromatic rings. The minimum absolute atomic E-state index is 0.119. The molecule has 0 bridgehead atoms. The van der Waals surface area contributed by atoms with Crippen LogP contribution in [0.25, 0.3) is 0 Å². The summed E-state index contributed by atoms with van der Waals surface area (Å²) < 4.78 is 42.0. The van der Waals surface area contributed by atoms with E-state index in [4.69, 9.17) is 0 Å². The first-order valence-corrected chi connectivity index (χ1v) is 9.39. The molecule has 0 aliphatic carbocycles. The second-order valence-electron chi connectivity index (χ2n) is 6.60. The second-order valence-corrected chi connectivity index (χ2v) is 7.40. The largest absolute Gasteiger partial charge is 0.435 e. The first kappa shape index (κ1) is 21.5. The van der Waals surface area contributed by atoms with Gasteiger partial charge in [-0.05, 0) is 49.2 Å². The Labute approximate surface area is 164 Å². The van der Waals surface area contributed by atoms with Crippen LogP contribution in [0.2, 0.25) is 0 Å². The highest BCUT2D eigenvalue weighted by Gasteiger charge is 2.34. The summed E-state index contributed by atoms with van der Waals surface area (Å²) in [6, 6.07) is 1.02. The lowest BCUT2D eigenvalue weighted by Crippen LogP contribution is -2.33. The molecule has 0 radical (unpaired) electrons. The van der Waals surface area contributed by atoms with Crippen molar-refractivity contribution >= 4 is 21.8 Å². The van der Waals surface area contributed by atoms with Gasteiger partial charge in [-0.1, -0.05) is 6.92 Å². The van der Waals surface area contributed by atoms with Crippen molar-refractivity contribution in [2.75, 3.05) is 6.54 Å². The number of nitrogens with one attached hydrogen (secondary N) is 1. The molecule has 0 fully saturated rings. The quantitative estimate of drug-likeness (QED) is 0.656. The number of amides is 1. The fourth-order valence-corrected chi connectivity index (χ4v) is 2.97. The molecule has 0 saturated heterocycles. The zero-order valence-corrected chi connectivity index (χ0v) is 17.3. The molecule has 6 nitrogen and oxygen atoms in total. The molecule has 1 unspecified atom stereocenters. The molecule has 27 heavy (non-hydrogen) atoms. The zero-order valence-electron chi connectivity index (χ0n) is 15.7. The van der Waals surface area contributed by atoms with Gasteiger partial charge in [0.25, 0.3) is 0 Å². The monoisotopic (exact) mass is 449 g/mol. The van der Waals surface area contributed by atoms with Gasteiger partial charge in [0.1, 0.15) is 0 Å². The van der Waals surface area contributed by atoms with Crippen molar-refractivity contribution < 1.29 is 18.0 Å². The molecule has 150 valence electrons. The van der Waals surface area contributed by atoms with Crippen molar-refractivity contribution in [3.63, 3.8) is 0 Å². The third kappa shape index (κ3) is 5.33. The predicted octanol–water partition coefficient (Wildman–Crippen LogP) is 3.63. The topological polar surface area (TPSA) is 64.7 Å².